The van der Waals surface area contributed by atoms with E-state index in [9.17, 15) is 4.79 Å². The van der Waals surface area contributed by atoms with E-state index in [1.54, 1.807) is 0 Å². The van der Waals surface area contributed by atoms with Crippen molar-refractivity contribution in [3.63, 3.8) is 0 Å². The zero-order valence-corrected chi connectivity index (χ0v) is 9.56. The van der Waals surface area contributed by atoms with Crippen LogP contribution in [0.15, 0.2) is 18.2 Å². The van der Waals surface area contributed by atoms with Crippen LogP contribution in [-0.2, 0) is 6.42 Å². The number of hydrogen-bond donors (Lipinski definition) is 2. The smallest absolute Gasteiger partial charge is 0.268 e. The topological polar surface area (TPSA) is 44.9 Å². The quantitative estimate of drug-likeness (QED) is 0.723. The molecule has 2 heterocycles. The fourth-order valence-corrected chi connectivity index (χ4v) is 2.45. The Labute approximate surface area is 97.8 Å². The fourth-order valence-electron chi connectivity index (χ4n) is 2.28. The van der Waals surface area contributed by atoms with Gasteiger partial charge in [-0.3, -0.25) is 4.79 Å². The van der Waals surface area contributed by atoms with Crippen molar-refractivity contribution < 1.29 is 4.79 Å². The Kier molecular flexibility index (Phi) is 1.98. The summed E-state index contributed by atoms with van der Waals surface area (Å²) in [7, 11) is 0. The lowest BCUT2D eigenvalue weighted by Crippen LogP contribution is -2.39. The molecule has 4 heteroatoms. The number of fused-ring (bicyclic) bond motifs is 3. The van der Waals surface area contributed by atoms with Gasteiger partial charge in [-0.15, -0.1) is 0 Å². The molecular weight excluding hydrogens is 224 g/mol. The molecule has 1 amide bonds. The summed E-state index contributed by atoms with van der Waals surface area (Å²) in [5.74, 6) is -0.0268. The van der Waals surface area contributed by atoms with E-state index in [4.69, 9.17) is 11.6 Å². The number of rotatable bonds is 0. The number of halogens is 1. The third-order valence-corrected chi connectivity index (χ3v) is 3.22. The molecule has 1 atom stereocenters. The molecule has 1 aromatic carbocycles. The summed E-state index contributed by atoms with van der Waals surface area (Å²) in [5, 5.41) is 4.67. The van der Waals surface area contributed by atoms with Crippen molar-refractivity contribution in [1.29, 1.82) is 0 Å². The van der Waals surface area contributed by atoms with E-state index >= 15 is 0 Å². The van der Waals surface area contributed by atoms with Gasteiger partial charge < -0.3 is 10.3 Å². The second-order valence-electron chi connectivity index (χ2n) is 4.25. The summed E-state index contributed by atoms with van der Waals surface area (Å²) < 4.78 is 0. The predicted molar refractivity (Wildman–Crippen MR) is 63.9 cm³/mol. The van der Waals surface area contributed by atoms with Crippen LogP contribution < -0.4 is 5.32 Å². The molecule has 0 spiro atoms. The van der Waals surface area contributed by atoms with E-state index in [0.29, 0.717) is 10.7 Å². The molecule has 16 heavy (non-hydrogen) atoms. The highest BCUT2D eigenvalue weighted by molar-refractivity contribution is 6.31. The van der Waals surface area contributed by atoms with Gasteiger partial charge in [0.2, 0.25) is 0 Å². The van der Waals surface area contributed by atoms with Crippen LogP contribution in [0.25, 0.3) is 10.9 Å². The Morgan fingerprint density at radius 2 is 2.25 bits per heavy atom. The van der Waals surface area contributed by atoms with E-state index < -0.39 is 0 Å². The zero-order chi connectivity index (χ0) is 11.3. The van der Waals surface area contributed by atoms with Gasteiger partial charge in [-0.1, -0.05) is 11.6 Å². The van der Waals surface area contributed by atoms with Crippen molar-refractivity contribution in [1.82, 2.24) is 10.3 Å². The van der Waals surface area contributed by atoms with Crippen molar-refractivity contribution in [3.8, 4) is 0 Å². The number of hydrogen-bond acceptors (Lipinski definition) is 1. The number of H-pyrrole nitrogens is 1. The molecule has 3 rings (SSSR count). The van der Waals surface area contributed by atoms with Gasteiger partial charge in [0.05, 0.1) is 0 Å². The first kappa shape index (κ1) is 9.73. The molecule has 82 valence electrons. The highest BCUT2D eigenvalue weighted by Crippen LogP contribution is 2.28. The van der Waals surface area contributed by atoms with Gasteiger partial charge in [-0.2, -0.15) is 0 Å². The minimum Gasteiger partial charge on any atom is -0.350 e. The second-order valence-corrected chi connectivity index (χ2v) is 4.68. The Morgan fingerprint density at radius 3 is 3.06 bits per heavy atom. The molecule has 0 saturated carbocycles. The molecule has 3 nitrogen and oxygen atoms in total. The predicted octanol–water partition coefficient (Wildman–Crippen LogP) is 2.50. The van der Waals surface area contributed by atoms with Gasteiger partial charge in [-0.25, -0.2) is 0 Å². The third kappa shape index (κ3) is 1.32. The highest BCUT2D eigenvalue weighted by Gasteiger charge is 2.25. The number of aromatic nitrogens is 1. The summed E-state index contributed by atoms with van der Waals surface area (Å²) >= 11 is 5.98. The molecule has 0 saturated heterocycles. The first-order valence-electron chi connectivity index (χ1n) is 5.26. The second kappa shape index (κ2) is 3.25. The maximum atomic E-state index is 11.8. The number of nitrogens with one attached hydrogen (secondary N) is 2. The molecule has 1 unspecified atom stereocenters. The third-order valence-electron chi connectivity index (χ3n) is 2.98. The summed E-state index contributed by atoms with van der Waals surface area (Å²) in [6.07, 6.45) is 0.849. The number of carbonyl (C=O) groups excluding carboxylic acids is 1. The molecule has 2 aromatic rings. The lowest BCUT2D eigenvalue weighted by Gasteiger charge is -2.19. The van der Waals surface area contributed by atoms with E-state index in [0.717, 1.165) is 22.9 Å². The van der Waals surface area contributed by atoms with E-state index in [2.05, 4.69) is 10.3 Å². The number of aromatic amines is 1. The monoisotopic (exact) mass is 234 g/mol. The molecule has 0 radical (unpaired) electrons. The lowest BCUT2D eigenvalue weighted by molar-refractivity contribution is 0.0925. The van der Waals surface area contributed by atoms with Crippen LogP contribution in [0.1, 0.15) is 23.0 Å². The number of benzene rings is 1. The minimum absolute atomic E-state index is 0.0268. The maximum Gasteiger partial charge on any atom is 0.268 e. The van der Waals surface area contributed by atoms with Crippen molar-refractivity contribution in [3.05, 3.63) is 34.5 Å². The molecule has 0 fully saturated rings. The fraction of sp³-hybridized carbons (Fsp3) is 0.250. The first-order chi connectivity index (χ1) is 7.65. The van der Waals surface area contributed by atoms with Crippen LogP contribution in [0, 0.1) is 0 Å². The molecular formula is C12H11ClN2O. The summed E-state index contributed by atoms with van der Waals surface area (Å²) in [5.41, 5.74) is 2.72. The number of amides is 1. The standard InChI is InChI=1S/C12H11ClN2O/c1-6-4-9-8-5-7(13)2-3-10(8)15-11(9)12(16)14-6/h2-3,5-6,15H,4H2,1H3,(H,14,16). The van der Waals surface area contributed by atoms with Crippen LogP contribution in [0.2, 0.25) is 5.02 Å². The normalized spacial score (nSPS) is 19.6. The number of carbonyl (C=O) groups is 1. The van der Waals surface area contributed by atoms with Crippen LogP contribution in [0.4, 0.5) is 0 Å². The Morgan fingerprint density at radius 1 is 1.44 bits per heavy atom. The lowest BCUT2D eigenvalue weighted by atomic mass is 9.99. The van der Waals surface area contributed by atoms with E-state index in [1.165, 1.54) is 0 Å². The van der Waals surface area contributed by atoms with Crippen LogP contribution in [0.5, 0.6) is 0 Å². The summed E-state index contributed by atoms with van der Waals surface area (Å²) in [4.78, 5) is 14.9. The van der Waals surface area contributed by atoms with Crippen molar-refractivity contribution in [2.75, 3.05) is 0 Å². The average Bonchev–Trinajstić information content (AvgIpc) is 2.57. The van der Waals surface area contributed by atoms with Crippen molar-refractivity contribution in [2.24, 2.45) is 0 Å². The summed E-state index contributed by atoms with van der Waals surface area (Å²) in [6, 6.07) is 5.83. The molecule has 1 aliphatic rings. The van der Waals surface area contributed by atoms with Gasteiger partial charge in [0, 0.05) is 22.0 Å². The van der Waals surface area contributed by atoms with Gasteiger partial charge in [0.1, 0.15) is 5.69 Å². The molecule has 1 aromatic heterocycles. The first-order valence-corrected chi connectivity index (χ1v) is 5.64. The summed E-state index contributed by atoms with van der Waals surface area (Å²) in [6.45, 7) is 2.00. The van der Waals surface area contributed by atoms with E-state index in [-0.39, 0.29) is 11.9 Å². The molecule has 1 aliphatic heterocycles. The van der Waals surface area contributed by atoms with E-state index in [1.807, 2.05) is 25.1 Å². The SMILES string of the molecule is CC1Cc2c([nH]c3ccc(Cl)cc23)C(=O)N1. The van der Waals surface area contributed by atoms with Crippen LogP contribution in [-0.4, -0.2) is 16.9 Å². The largest absolute Gasteiger partial charge is 0.350 e. The van der Waals surface area contributed by atoms with Gasteiger partial charge in [0.15, 0.2) is 0 Å². The maximum absolute atomic E-state index is 11.8. The van der Waals surface area contributed by atoms with Gasteiger partial charge >= 0.3 is 0 Å². The molecule has 2 N–H and O–H groups in total. The van der Waals surface area contributed by atoms with Crippen LogP contribution >= 0.6 is 11.6 Å². The molecule has 0 aliphatic carbocycles. The van der Waals surface area contributed by atoms with Crippen molar-refractivity contribution in [2.45, 2.75) is 19.4 Å². The van der Waals surface area contributed by atoms with Crippen molar-refractivity contribution >= 4 is 28.4 Å². The average molecular weight is 235 g/mol. The van der Waals surface area contributed by atoms with Gasteiger partial charge in [0.25, 0.3) is 5.91 Å². The minimum atomic E-state index is -0.0268. The van der Waals surface area contributed by atoms with Crippen LogP contribution in [0.3, 0.4) is 0 Å². The Hall–Kier alpha value is -1.48. The highest BCUT2D eigenvalue weighted by atomic mass is 35.5. The Bertz CT molecular complexity index is 588. The van der Waals surface area contributed by atoms with Gasteiger partial charge in [-0.05, 0) is 37.1 Å². The molecule has 0 bridgehead atoms. The Balaban J connectivity index is 2.31. The zero-order valence-electron chi connectivity index (χ0n) is 8.80.